The van der Waals surface area contributed by atoms with Crippen molar-refractivity contribution in [3.63, 3.8) is 0 Å². The molecule has 1 N–H and O–H groups in total. The molecule has 19 heavy (non-hydrogen) atoms. The summed E-state index contributed by atoms with van der Waals surface area (Å²) in [6.45, 7) is 3.81. The molecule has 0 unspecified atom stereocenters. The number of aryl methyl sites for hydroxylation is 1. The van der Waals surface area contributed by atoms with Crippen molar-refractivity contribution in [3.8, 4) is 0 Å². The minimum absolute atomic E-state index is 0.0784. The highest BCUT2D eigenvalue weighted by atomic mass is 16.5. The number of aliphatic hydroxyl groups is 1. The van der Waals surface area contributed by atoms with E-state index in [-0.39, 0.29) is 6.61 Å². The summed E-state index contributed by atoms with van der Waals surface area (Å²) >= 11 is 0. The Morgan fingerprint density at radius 3 is 2.79 bits per heavy atom. The summed E-state index contributed by atoms with van der Waals surface area (Å²) in [5, 5.41) is 9.40. The van der Waals surface area contributed by atoms with Crippen molar-refractivity contribution in [3.05, 3.63) is 23.4 Å². The quantitative estimate of drug-likeness (QED) is 0.781. The van der Waals surface area contributed by atoms with E-state index in [1.807, 2.05) is 12.1 Å². The van der Waals surface area contributed by atoms with Gasteiger partial charge in [0, 0.05) is 25.4 Å². The van der Waals surface area contributed by atoms with Gasteiger partial charge in [-0.15, -0.1) is 0 Å². The molecule has 0 bridgehead atoms. The van der Waals surface area contributed by atoms with Crippen LogP contribution in [-0.2, 0) is 17.8 Å². The largest absolute Gasteiger partial charge is 0.392 e. The fraction of sp³-hybridized carbons (Fsp3) is 0.667. The zero-order valence-corrected chi connectivity index (χ0v) is 11.9. The van der Waals surface area contributed by atoms with Crippen LogP contribution in [0.2, 0.25) is 0 Å². The molecule has 4 nitrogen and oxygen atoms in total. The first kappa shape index (κ1) is 14.3. The lowest BCUT2D eigenvalue weighted by Crippen LogP contribution is -2.30. The summed E-state index contributed by atoms with van der Waals surface area (Å²) in [5.41, 5.74) is 2.03. The van der Waals surface area contributed by atoms with Crippen LogP contribution in [0.15, 0.2) is 12.1 Å². The highest BCUT2D eigenvalue weighted by Crippen LogP contribution is 2.31. The van der Waals surface area contributed by atoms with Gasteiger partial charge in [0.1, 0.15) is 5.82 Å². The fourth-order valence-electron chi connectivity index (χ4n) is 2.32. The van der Waals surface area contributed by atoms with Crippen molar-refractivity contribution in [1.29, 1.82) is 0 Å². The molecule has 0 amide bonds. The average molecular weight is 264 g/mol. The maximum absolute atomic E-state index is 9.40. The summed E-state index contributed by atoms with van der Waals surface area (Å²) in [5.74, 6) is 0.995. The minimum Gasteiger partial charge on any atom is -0.392 e. The first-order valence-corrected chi connectivity index (χ1v) is 7.14. The summed E-state index contributed by atoms with van der Waals surface area (Å²) in [6.07, 6.45) is 4.50. The van der Waals surface area contributed by atoms with E-state index in [0.717, 1.165) is 36.5 Å². The SMILES string of the molecule is CCCc1cc(CO)cc(N(CCOC)C2CC2)n1. The van der Waals surface area contributed by atoms with Crippen molar-refractivity contribution < 1.29 is 9.84 Å². The molecule has 0 radical (unpaired) electrons. The van der Waals surface area contributed by atoms with E-state index in [1.165, 1.54) is 12.8 Å². The third-order valence-electron chi connectivity index (χ3n) is 3.43. The van der Waals surface area contributed by atoms with Crippen molar-refractivity contribution in [2.45, 2.75) is 45.3 Å². The highest BCUT2D eigenvalue weighted by Gasteiger charge is 2.30. The Balaban J connectivity index is 2.21. The summed E-state index contributed by atoms with van der Waals surface area (Å²) in [6, 6.07) is 4.62. The Morgan fingerprint density at radius 2 is 2.21 bits per heavy atom. The maximum Gasteiger partial charge on any atom is 0.129 e. The molecule has 4 heteroatoms. The second-order valence-corrected chi connectivity index (χ2v) is 5.15. The van der Waals surface area contributed by atoms with Crippen LogP contribution in [-0.4, -0.2) is 36.4 Å². The number of ether oxygens (including phenoxy) is 1. The number of anilines is 1. The highest BCUT2D eigenvalue weighted by molar-refractivity contribution is 5.45. The Morgan fingerprint density at radius 1 is 1.42 bits per heavy atom. The van der Waals surface area contributed by atoms with Crippen molar-refractivity contribution in [1.82, 2.24) is 4.98 Å². The van der Waals surface area contributed by atoms with Crippen molar-refractivity contribution >= 4 is 5.82 Å². The van der Waals surface area contributed by atoms with Gasteiger partial charge in [-0.3, -0.25) is 0 Å². The lowest BCUT2D eigenvalue weighted by molar-refractivity contribution is 0.204. The van der Waals surface area contributed by atoms with Gasteiger partial charge < -0.3 is 14.7 Å². The van der Waals surface area contributed by atoms with Gasteiger partial charge in [0.15, 0.2) is 0 Å². The van der Waals surface area contributed by atoms with Crippen molar-refractivity contribution in [2.75, 3.05) is 25.2 Å². The van der Waals surface area contributed by atoms with Crippen LogP contribution in [0.3, 0.4) is 0 Å². The Bertz CT molecular complexity index is 405. The molecule has 0 spiro atoms. The van der Waals surface area contributed by atoms with E-state index in [4.69, 9.17) is 9.72 Å². The summed E-state index contributed by atoms with van der Waals surface area (Å²) in [7, 11) is 1.73. The molecule has 1 aromatic rings. The number of aromatic nitrogens is 1. The number of hydrogen-bond acceptors (Lipinski definition) is 4. The van der Waals surface area contributed by atoms with Gasteiger partial charge in [0.25, 0.3) is 0 Å². The zero-order valence-electron chi connectivity index (χ0n) is 11.9. The molecule has 1 aromatic heterocycles. The van der Waals surface area contributed by atoms with E-state index >= 15 is 0 Å². The first-order chi connectivity index (χ1) is 9.28. The molecule has 106 valence electrons. The van der Waals surface area contributed by atoms with Crippen LogP contribution >= 0.6 is 0 Å². The van der Waals surface area contributed by atoms with Gasteiger partial charge >= 0.3 is 0 Å². The average Bonchev–Trinajstić information content (AvgIpc) is 3.24. The third kappa shape index (κ3) is 3.91. The lowest BCUT2D eigenvalue weighted by Gasteiger charge is -2.24. The van der Waals surface area contributed by atoms with E-state index in [9.17, 15) is 5.11 Å². The Hall–Kier alpha value is -1.13. The molecule has 0 aliphatic heterocycles. The van der Waals surface area contributed by atoms with Crippen LogP contribution in [0, 0.1) is 0 Å². The normalized spacial score (nSPS) is 14.7. The Kier molecular flexibility index (Phi) is 5.16. The third-order valence-corrected chi connectivity index (χ3v) is 3.43. The smallest absolute Gasteiger partial charge is 0.129 e. The van der Waals surface area contributed by atoms with Gasteiger partial charge in [-0.2, -0.15) is 0 Å². The molecule has 1 aliphatic carbocycles. The molecule has 1 saturated carbocycles. The minimum atomic E-state index is 0.0784. The molecule has 2 rings (SSSR count). The van der Waals surface area contributed by atoms with E-state index < -0.39 is 0 Å². The second-order valence-electron chi connectivity index (χ2n) is 5.15. The molecule has 0 atom stereocenters. The second kappa shape index (κ2) is 6.87. The molecule has 1 fully saturated rings. The van der Waals surface area contributed by atoms with Gasteiger partial charge in [-0.05, 0) is 37.0 Å². The number of nitrogens with zero attached hydrogens (tertiary/aromatic N) is 2. The van der Waals surface area contributed by atoms with Gasteiger partial charge in [0.05, 0.1) is 13.2 Å². The molecular weight excluding hydrogens is 240 g/mol. The van der Waals surface area contributed by atoms with Gasteiger partial charge in [-0.25, -0.2) is 4.98 Å². The van der Waals surface area contributed by atoms with E-state index in [2.05, 4.69) is 11.8 Å². The number of methoxy groups -OCH3 is 1. The number of aliphatic hydroxyl groups excluding tert-OH is 1. The predicted octanol–water partition coefficient (Wildman–Crippen LogP) is 2.14. The standard InChI is InChI=1S/C15H24N2O2/c1-3-4-13-9-12(11-18)10-15(16-13)17(7-8-19-2)14-5-6-14/h9-10,14,18H,3-8,11H2,1-2H3. The molecule has 0 aromatic carbocycles. The first-order valence-electron chi connectivity index (χ1n) is 7.14. The monoisotopic (exact) mass is 264 g/mol. The van der Waals surface area contributed by atoms with Crippen LogP contribution in [0.5, 0.6) is 0 Å². The Labute approximate surface area is 115 Å². The molecule has 0 saturated heterocycles. The maximum atomic E-state index is 9.40. The van der Waals surface area contributed by atoms with Crippen LogP contribution < -0.4 is 4.90 Å². The van der Waals surface area contributed by atoms with Crippen LogP contribution in [0.25, 0.3) is 0 Å². The zero-order chi connectivity index (χ0) is 13.7. The molecule has 1 heterocycles. The lowest BCUT2D eigenvalue weighted by atomic mass is 10.1. The van der Waals surface area contributed by atoms with Gasteiger partial charge in [0.2, 0.25) is 0 Å². The topological polar surface area (TPSA) is 45.6 Å². The van der Waals surface area contributed by atoms with Crippen LogP contribution in [0.4, 0.5) is 5.82 Å². The summed E-state index contributed by atoms with van der Waals surface area (Å²) in [4.78, 5) is 7.07. The van der Waals surface area contributed by atoms with Crippen molar-refractivity contribution in [2.24, 2.45) is 0 Å². The van der Waals surface area contributed by atoms with Gasteiger partial charge in [-0.1, -0.05) is 13.3 Å². The van der Waals surface area contributed by atoms with Crippen LogP contribution in [0.1, 0.15) is 37.4 Å². The number of rotatable bonds is 8. The summed E-state index contributed by atoms with van der Waals surface area (Å²) < 4.78 is 5.19. The predicted molar refractivity (Wildman–Crippen MR) is 76.4 cm³/mol. The van der Waals surface area contributed by atoms with E-state index in [1.54, 1.807) is 7.11 Å². The van der Waals surface area contributed by atoms with E-state index in [0.29, 0.717) is 12.6 Å². The fourth-order valence-corrected chi connectivity index (χ4v) is 2.32. The number of hydrogen-bond donors (Lipinski definition) is 1. The number of pyridine rings is 1. The molecule has 1 aliphatic rings. The molecular formula is C15H24N2O2.